The Morgan fingerprint density at radius 1 is 1.52 bits per heavy atom. The van der Waals surface area contributed by atoms with Crippen LogP contribution in [0.2, 0.25) is 0 Å². The van der Waals surface area contributed by atoms with E-state index in [-0.39, 0.29) is 18.9 Å². The van der Waals surface area contributed by atoms with Gasteiger partial charge in [0.25, 0.3) is 5.91 Å². The Bertz CT molecular complexity index is 642. The van der Waals surface area contributed by atoms with E-state index in [1.54, 1.807) is 30.3 Å². The Morgan fingerprint density at radius 2 is 2.24 bits per heavy atom. The molecule has 1 atom stereocenters. The molecule has 0 bridgehead atoms. The molecule has 1 heterocycles. The van der Waals surface area contributed by atoms with Gasteiger partial charge in [-0.3, -0.25) is 9.10 Å². The van der Waals surface area contributed by atoms with Crippen LogP contribution >= 0.6 is 0 Å². The molecule has 1 aliphatic heterocycles. The highest BCUT2D eigenvalue weighted by atomic mass is 32.2. The van der Waals surface area contributed by atoms with Gasteiger partial charge in [-0.2, -0.15) is 0 Å². The Labute approximate surface area is 124 Å². The lowest BCUT2D eigenvalue weighted by Crippen LogP contribution is -2.39. The monoisotopic (exact) mass is 310 g/mol. The van der Waals surface area contributed by atoms with Gasteiger partial charge in [-0.25, -0.2) is 8.42 Å². The van der Waals surface area contributed by atoms with Gasteiger partial charge < -0.3 is 10.1 Å². The van der Waals surface area contributed by atoms with E-state index in [0.29, 0.717) is 18.0 Å². The number of amides is 1. The number of rotatable bonds is 4. The second kappa shape index (κ2) is 6.17. The first kappa shape index (κ1) is 15.4. The number of nitrogens with one attached hydrogen (secondary N) is 1. The summed E-state index contributed by atoms with van der Waals surface area (Å²) in [5.74, 6) is 0.110. The molecule has 1 aromatic carbocycles. The van der Waals surface area contributed by atoms with E-state index in [1.807, 2.05) is 0 Å². The fraction of sp³-hybridized carbons (Fsp3) is 0.357. The van der Waals surface area contributed by atoms with Crippen molar-refractivity contribution >= 4 is 21.6 Å². The van der Waals surface area contributed by atoms with Crippen molar-refractivity contribution in [1.29, 1.82) is 0 Å². The summed E-state index contributed by atoms with van der Waals surface area (Å²) in [5.41, 5.74) is 0.457. The van der Waals surface area contributed by atoms with Gasteiger partial charge in [-0.15, -0.1) is 6.58 Å². The molecule has 1 aliphatic rings. The molecule has 0 radical (unpaired) electrons. The molecule has 0 unspecified atom stereocenters. The maximum atomic E-state index is 12.0. The van der Waals surface area contributed by atoms with Gasteiger partial charge in [-0.1, -0.05) is 18.2 Å². The molecule has 0 spiro atoms. The molecule has 2 rings (SSSR count). The summed E-state index contributed by atoms with van der Waals surface area (Å²) in [6.07, 6.45) is 2.27. The lowest BCUT2D eigenvalue weighted by atomic mass is 10.2. The number of nitrogens with zero attached hydrogens (tertiary/aromatic N) is 1. The first-order chi connectivity index (χ1) is 9.93. The van der Waals surface area contributed by atoms with E-state index >= 15 is 0 Å². The standard InChI is InChI=1S/C14H18N2O4S/c1-3-9-15-14(17)13-8-10-16(21(2,18)19)11-6-4-5-7-12(11)20-13/h3-7,13H,1,8-10H2,2H3,(H,15,17)/t13-/m1/s1. The van der Waals surface area contributed by atoms with Gasteiger partial charge in [-0.05, 0) is 12.1 Å². The highest BCUT2D eigenvalue weighted by Gasteiger charge is 2.30. The quantitative estimate of drug-likeness (QED) is 0.839. The summed E-state index contributed by atoms with van der Waals surface area (Å²) in [6.45, 7) is 4.07. The van der Waals surface area contributed by atoms with Gasteiger partial charge in [0.15, 0.2) is 6.10 Å². The average Bonchev–Trinajstić information content (AvgIpc) is 2.63. The lowest BCUT2D eigenvalue weighted by molar-refractivity contribution is -0.127. The SMILES string of the molecule is C=CCNC(=O)[C@H]1CCN(S(C)(=O)=O)c2ccccc2O1. The number of sulfonamides is 1. The summed E-state index contributed by atoms with van der Waals surface area (Å²) >= 11 is 0. The molecule has 1 aromatic rings. The molecule has 6 nitrogen and oxygen atoms in total. The van der Waals surface area contributed by atoms with Crippen molar-refractivity contribution in [2.45, 2.75) is 12.5 Å². The third kappa shape index (κ3) is 3.55. The van der Waals surface area contributed by atoms with Crippen LogP contribution in [0.4, 0.5) is 5.69 Å². The van der Waals surface area contributed by atoms with Crippen LogP contribution in [0, 0.1) is 0 Å². The number of para-hydroxylation sites is 2. The number of ether oxygens (including phenoxy) is 1. The number of fused-ring (bicyclic) bond motifs is 1. The molecule has 1 amide bonds. The van der Waals surface area contributed by atoms with Crippen molar-refractivity contribution in [3.05, 3.63) is 36.9 Å². The number of carbonyl (C=O) groups excluding carboxylic acids is 1. The van der Waals surface area contributed by atoms with Crippen LogP contribution in [-0.4, -0.2) is 39.8 Å². The summed E-state index contributed by atoms with van der Waals surface area (Å²) in [5, 5.41) is 2.66. The molecule has 0 aromatic heterocycles. The Balaban J connectivity index is 2.30. The summed E-state index contributed by atoms with van der Waals surface area (Å²) in [4.78, 5) is 12.0. The van der Waals surface area contributed by atoms with Crippen molar-refractivity contribution in [3.63, 3.8) is 0 Å². The first-order valence-corrected chi connectivity index (χ1v) is 8.40. The number of anilines is 1. The maximum absolute atomic E-state index is 12.0. The Morgan fingerprint density at radius 3 is 2.90 bits per heavy atom. The maximum Gasteiger partial charge on any atom is 0.261 e. The van der Waals surface area contributed by atoms with Gasteiger partial charge in [0, 0.05) is 19.5 Å². The van der Waals surface area contributed by atoms with Crippen LogP contribution in [0.5, 0.6) is 5.75 Å². The summed E-state index contributed by atoms with van der Waals surface area (Å²) < 4.78 is 30.8. The third-order valence-corrected chi connectivity index (χ3v) is 4.29. The lowest BCUT2D eigenvalue weighted by Gasteiger charge is -2.20. The zero-order valence-electron chi connectivity index (χ0n) is 11.8. The largest absolute Gasteiger partial charge is 0.478 e. The van der Waals surface area contributed by atoms with E-state index < -0.39 is 16.1 Å². The van der Waals surface area contributed by atoms with Crippen LogP contribution in [0.3, 0.4) is 0 Å². The van der Waals surface area contributed by atoms with Crippen LogP contribution in [0.1, 0.15) is 6.42 Å². The fourth-order valence-corrected chi connectivity index (χ4v) is 3.09. The molecular formula is C14H18N2O4S. The van der Waals surface area contributed by atoms with Crippen molar-refractivity contribution in [3.8, 4) is 5.75 Å². The fourth-order valence-electron chi connectivity index (χ4n) is 2.15. The van der Waals surface area contributed by atoms with Crippen LogP contribution in [-0.2, 0) is 14.8 Å². The van der Waals surface area contributed by atoms with E-state index in [2.05, 4.69) is 11.9 Å². The minimum Gasteiger partial charge on any atom is -0.478 e. The normalized spacial score (nSPS) is 18.1. The highest BCUT2D eigenvalue weighted by molar-refractivity contribution is 7.92. The van der Waals surface area contributed by atoms with Crippen LogP contribution < -0.4 is 14.4 Å². The van der Waals surface area contributed by atoms with E-state index in [1.165, 1.54) is 4.31 Å². The van der Waals surface area contributed by atoms with Crippen LogP contribution in [0.25, 0.3) is 0 Å². The minimum absolute atomic E-state index is 0.196. The number of hydrogen-bond acceptors (Lipinski definition) is 4. The second-order valence-electron chi connectivity index (χ2n) is 4.73. The van der Waals surface area contributed by atoms with Gasteiger partial charge in [0.05, 0.1) is 11.9 Å². The van der Waals surface area contributed by atoms with Crippen molar-refractivity contribution in [1.82, 2.24) is 5.32 Å². The number of hydrogen-bond donors (Lipinski definition) is 1. The molecule has 114 valence electrons. The molecule has 0 saturated carbocycles. The van der Waals surface area contributed by atoms with E-state index in [9.17, 15) is 13.2 Å². The smallest absolute Gasteiger partial charge is 0.261 e. The Kier molecular flexibility index (Phi) is 4.52. The summed E-state index contributed by atoms with van der Waals surface area (Å²) in [6, 6.07) is 6.80. The van der Waals surface area contributed by atoms with Crippen molar-refractivity contribution in [2.75, 3.05) is 23.7 Å². The molecule has 0 fully saturated rings. The van der Waals surface area contributed by atoms with Crippen molar-refractivity contribution < 1.29 is 17.9 Å². The number of benzene rings is 1. The highest BCUT2D eigenvalue weighted by Crippen LogP contribution is 2.33. The van der Waals surface area contributed by atoms with Crippen LogP contribution in [0.15, 0.2) is 36.9 Å². The predicted octanol–water partition coefficient (Wildman–Crippen LogP) is 0.906. The topological polar surface area (TPSA) is 75.7 Å². The molecule has 21 heavy (non-hydrogen) atoms. The van der Waals surface area contributed by atoms with Gasteiger partial charge >= 0.3 is 0 Å². The third-order valence-electron chi connectivity index (χ3n) is 3.11. The Hall–Kier alpha value is -2.02. The molecule has 7 heteroatoms. The van der Waals surface area contributed by atoms with E-state index in [0.717, 1.165) is 6.26 Å². The molecule has 1 N–H and O–H groups in total. The molecule has 0 saturated heterocycles. The summed E-state index contributed by atoms with van der Waals surface area (Å²) in [7, 11) is -3.42. The second-order valence-corrected chi connectivity index (χ2v) is 6.64. The van der Waals surface area contributed by atoms with E-state index in [4.69, 9.17) is 4.74 Å². The van der Waals surface area contributed by atoms with Gasteiger partial charge in [0.1, 0.15) is 5.75 Å². The minimum atomic E-state index is -3.42. The predicted molar refractivity (Wildman–Crippen MR) is 80.9 cm³/mol. The van der Waals surface area contributed by atoms with Crippen molar-refractivity contribution in [2.24, 2.45) is 0 Å². The first-order valence-electron chi connectivity index (χ1n) is 6.55. The zero-order valence-corrected chi connectivity index (χ0v) is 12.6. The molecular weight excluding hydrogens is 292 g/mol. The molecule has 0 aliphatic carbocycles. The van der Waals surface area contributed by atoms with Gasteiger partial charge in [0.2, 0.25) is 10.0 Å². The zero-order chi connectivity index (χ0) is 15.5. The number of carbonyl (C=O) groups is 1. The average molecular weight is 310 g/mol.